The van der Waals surface area contributed by atoms with Crippen LogP contribution >= 0.6 is 0 Å². The van der Waals surface area contributed by atoms with Crippen LogP contribution in [0, 0.1) is 5.92 Å². The van der Waals surface area contributed by atoms with Crippen molar-refractivity contribution in [3.63, 3.8) is 0 Å². The molecule has 2 N–H and O–H groups in total. The number of hydrogen-bond acceptors (Lipinski definition) is 7. The lowest BCUT2D eigenvalue weighted by Crippen LogP contribution is -2.55. The molecule has 2 aromatic rings. The number of anilines is 2. The van der Waals surface area contributed by atoms with Crippen LogP contribution in [0.3, 0.4) is 0 Å². The summed E-state index contributed by atoms with van der Waals surface area (Å²) in [5.74, 6) is -0.442. The Bertz CT molecular complexity index is 961. The highest BCUT2D eigenvalue weighted by Crippen LogP contribution is 2.43. The molecule has 1 fully saturated rings. The summed E-state index contributed by atoms with van der Waals surface area (Å²) in [7, 11) is 0. The summed E-state index contributed by atoms with van der Waals surface area (Å²) in [6.07, 6.45) is 3.96. The van der Waals surface area contributed by atoms with Crippen LogP contribution in [0.15, 0.2) is 42.0 Å². The van der Waals surface area contributed by atoms with Crippen LogP contribution in [0.25, 0.3) is 0 Å². The summed E-state index contributed by atoms with van der Waals surface area (Å²) < 4.78 is 41.2. The van der Waals surface area contributed by atoms with Crippen LogP contribution in [-0.2, 0) is 4.79 Å². The van der Waals surface area contributed by atoms with Gasteiger partial charge in [0, 0.05) is 23.9 Å². The maximum Gasteiger partial charge on any atom is 0.438 e. The van der Waals surface area contributed by atoms with E-state index in [9.17, 15) is 23.1 Å². The average Bonchev–Trinajstić information content (AvgIpc) is 3.14. The van der Waals surface area contributed by atoms with E-state index in [1.54, 1.807) is 12.1 Å². The third kappa shape index (κ3) is 4.22. The molecule has 0 aromatic carbocycles. The second kappa shape index (κ2) is 8.22. The van der Waals surface area contributed by atoms with E-state index in [2.05, 4.69) is 25.4 Å². The fraction of sp³-hybridized carbons (Fsp3) is 0.450. The standard InChI is InChI=1S/C20H21F3N6O2/c21-20(22,23)19(31)9-15(14-7-4-8-24-10-14)28-29(19)17-12-25-16(11-26-17)27-18(30)13-5-2-1-3-6-13/h4,7-8,10-13,31H,1-3,5-6,9H2,(H,25,27,30). The molecule has 4 rings (SSSR count). The molecular weight excluding hydrogens is 413 g/mol. The van der Waals surface area contributed by atoms with Crippen molar-refractivity contribution in [1.29, 1.82) is 0 Å². The maximum atomic E-state index is 13.7. The summed E-state index contributed by atoms with van der Waals surface area (Å²) in [6, 6.07) is 3.12. The number of amides is 1. The first-order valence-electron chi connectivity index (χ1n) is 9.98. The predicted octanol–water partition coefficient (Wildman–Crippen LogP) is 3.26. The van der Waals surface area contributed by atoms with Crippen molar-refractivity contribution in [2.45, 2.75) is 50.4 Å². The molecule has 1 aliphatic heterocycles. The third-order valence-corrected chi connectivity index (χ3v) is 5.52. The molecule has 164 valence electrons. The zero-order chi connectivity index (χ0) is 22.1. The molecule has 1 aliphatic carbocycles. The first-order chi connectivity index (χ1) is 14.8. The monoisotopic (exact) mass is 434 g/mol. The normalized spacial score (nSPS) is 22.3. The number of nitrogens with one attached hydrogen (secondary N) is 1. The number of nitrogens with zero attached hydrogens (tertiary/aromatic N) is 5. The second-order valence-electron chi connectivity index (χ2n) is 7.68. The largest absolute Gasteiger partial charge is 0.438 e. The number of hydrazone groups is 1. The van der Waals surface area contributed by atoms with Gasteiger partial charge >= 0.3 is 6.18 Å². The number of rotatable bonds is 4. The van der Waals surface area contributed by atoms with Gasteiger partial charge in [0.25, 0.3) is 5.72 Å². The zero-order valence-corrected chi connectivity index (χ0v) is 16.5. The lowest BCUT2D eigenvalue weighted by molar-refractivity contribution is -0.254. The van der Waals surface area contributed by atoms with Crippen molar-refractivity contribution in [3.8, 4) is 0 Å². The first kappa shape index (κ1) is 21.2. The molecule has 0 bridgehead atoms. The Kier molecular flexibility index (Phi) is 5.61. The Morgan fingerprint density at radius 3 is 2.55 bits per heavy atom. The van der Waals surface area contributed by atoms with Crippen molar-refractivity contribution in [2.75, 3.05) is 10.3 Å². The molecule has 3 heterocycles. The van der Waals surface area contributed by atoms with Crippen LogP contribution < -0.4 is 10.3 Å². The summed E-state index contributed by atoms with van der Waals surface area (Å²) in [5.41, 5.74) is -2.90. The Morgan fingerprint density at radius 1 is 1.16 bits per heavy atom. The molecular formula is C20H21F3N6O2. The van der Waals surface area contributed by atoms with Crippen molar-refractivity contribution in [3.05, 3.63) is 42.5 Å². The fourth-order valence-corrected chi connectivity index (χ4v) is 3.79. The van der Waals surface area contributed by atoms with Crippen molar-refractivity contribution < 1.29 is 23.1 Å². The van der Waals surface area contributed by atoms with E-state index < -0.39 is 18.3 Å². The third-order valence-electron chi connectivity index (χ3n) is 5.52. The molecule has 0 radical (unpaired) electrons. The smallest absolute Gasteiger partial charge is 0.362 e. The topological polar surface area (TPSA) is 104 Å². The SMILES string of the molecule is O=C(Nc1cnc(N2N=C(c3cccnc3)CC2(O)C(F)(F)F)cn1)C1CCCCC1. The van der Waals surface area contributed by atoms with Gasteiger partial charge in [-0.1, -0.05) is 25.3 Å². The van der Waals surface area contributed by atoms with Gasteiger partial charge in [0.15, 0.2) is 11.6 Å². The van der Waals surface area contributed by atoms with E-state index >= 15 is 0 Å². The minimum atomic E-state index is -5.00. The number of alkyl halides is 3. The quantitative estimate of drug-likeness (QED) is 0.766. The van der Waals surface area contributed by atoms with Crippen LogP contribution in [0.5, 0.6) is 0 Å². The van der Waals surface area contributed by atoms with E-state index in [1.807, 2.05) is 0 Å². The first-order valence-corrected chi connectivity index (χ1v) is 9.98. The van der Waals surface area contributed by atoms with Gasteiger partial charge in [-0.25, -0.2) is 15.0 Å². The second-order valence-corrected chi connectivity index (χ2v) is 7.68. The summed E-state index contributed by atoms with van der Waals surface area (Å²) in [5, 5.41) is 17.5. The molecule has 11 heteroatoms. The van der Waals surface area contributed by atoms with E-state index in [-0.39, 0.29) is 29.2 Å². The van der Waals surface area contributed by atoms with Gasteiger partial charge in [0.05, 0.1) is 24.5 Å². The van der Waals surface area contributed by atoms with E-state index in [0.29, 0.717) is 10.6 Å². The van der Waals surface area contributed by atoms with Gasteiger partial charge in [0.1, 0.15) is 0 Å². The minimum absolute atomic E-state index is 0.0180. The molecule has 1 atom stereocenters. The number of aliphatic hydroxyl groups is 1. The number of carbonyl (C=O) groups excluding carboxylic acids is 1. The Labute approximate surface area is 176 Å². The number of halogens is 3. The highest BCUT2D eigenvalue weighted by atomic mass is 19.4. The van der Waals surface area contributed by atoms with E-state index in [0.717, 1.165) is 44.5 Å². The lowest BCUT2D eigenvalue weighted by Gasteiger charge is -2.33. The van der Waals surface area contributed by atoms with Crippen LogP contribution in [-0.4, -0.2) is 43.6 Å². The van der Waals surface area contributed by atoms with E-state index in [4.69, 9.17) is 0 Å². The van der Waals surface area contributed by atoms with Crippen LogP contribution in [0.4, 0.5) is 24.8 Å². The number of aromatic nitrogens is 3. The Morgan fingerprint density at radius 2 is 1.94 bits per heavy atom. The number of hydrogen-bond donors (Lipinski definition) is 2. The molecule has 0 saturated heterocycles. The predicted molar refractivity (Wildman–Crippen MR) is 106 cm³/mol. The molecule has 2 aromatic heterocycles. The van der Waals surface area contributed by atoms with Gasteiger partial charge < -0.3 is 10.4 Å². The van der Waals surface area contributed by atoms with Crippen molar-refractivity contribution in [1.82, 2.24) is 15.0 Å². The van der Waals surface area contributed by atoms with E-state index in [1.165, 1.54) is 12.4 Å². The Hall–Kier alpha value is -3.08. The molecule has 1 unspecified atom stereocenters. The van der Waals surface area contributed by atoms with Gasteiger partial charge in [-0.3, -0.25) is 9.78 Å². The summed E-state index contributed by atoms with van der Waals surface area (Å²) in [4.78, 5) is 24.2. The maximum absolute atomic E-state index is 13.7. The molecule has 1 saturated carbocycles. The summed E-state index contributed by atoms with van der Waals surface area (Å²) in [6.45, 7) is 0. The molecule has 8 nitrogen and oxygen atoms in total. The summed E-state index contributed by atoms with van der Waals surface area (Å²) >= 11 is 0. The Balaban J connectivity index is 1.57. The lowest BCUT2D eigenvalue weighted by atomic mass is 9.89. The molecule has 31 heavy (non-hydrogen) atoms. The highest BCUT2D eigenvalue weighted by molar-refractivity contribution is 6.03. The fourth-order valence-electron chi connectivity index (χ4n) is 3.79. The molecule has 0 spiro atoms. The van der Waals surface area contributed by atoms with Crippen molar-refractivity contribution >= 4 is 23.3 Å². The van der Waals surface area contributed by atoms with Gasteiger partial charge in [-0.05, 0) is 18.9 Å². The van der Waals surface area contributed by atoms with Gasteiger partial charge in [-0.2, -0.15) is 18.3 Å². The highest BCUT2D eigenvalue weighted by Gasteiger charge is 2.62. The minimum Gasteiger partial charge on any atom is -0.362 e. The zero-order valence-electron chi connectivity index (χ0n) is 16.5. The molecule has 1 amide bonds. The van der Waals surface area contributed by atoms with Crippen LogP contribution in [0.1, 0.15) is 44.1 Å². The number of carbonyl (C=O) groups is 1. The van der Waals surface area contributed by atoms with Crippen LogP contribution in [0.2, 0.25) is 0 Å². The number of pyridine rings is 1. The average molecular weight is 434 g/mol. The molecule has 2 aliphatic rings. The van der Waals surface area contributed by atoms with Gasteiger partial charge in [-0.15, -0.1) is 0 Å². The van der Waals surface area contributed by atoms with Crippen molar-refractivity contribution in [2.24, 2.45) is 11.0 Å². The van der Waals surface area contributed by atoms with Gasteiger partial charge in [0.2, 0.25) is 5.91 Å².